The number of hydrogen-bond acceptors (Lipinski definition) is 2. The van der Waals surface area contributed by atoms with Crippen molar-refractivity contribution in [2.75, 3.05) is 7.11 Å². The zero-order valence-electron chi connectivity index (χ0n) is 15.1. The van der Waals surface area contributed by atoms with Crippen LogP contribution in [0, 0.1) is 11.3 Å². The number of benzene rings is 1. The Morgan fingerprint density at radius 3 is 2.79 bits per heavy atom. The maximum atomic E-state index is 12.3. The Labute approximate surface area is 144 Å². The van der Waals surface area contributed by atoms with Crippen molar-refractivity contribution in [1.82, 2.24) is 10.3 Å². The number of amides is 1. The van der Waals surface area contributed by atoms with Crippen molar-refractivity contribution in [2.24, 2.45) is 11.3 Å². The minimum absolute atomic E-state index is 0.000662. The van der Waals surface area contributed by atoms with Crippen LogP contribution in [0.1, 0.15) is 39.2 Å². The van der Waals surface area contributed by atoms with Gasteiger partial charge in [-0.15, -0.1) is 0 Å². The predicted octanol–water partition coefficient (Wildman–Crippen LogP) is 3.67. The molecule has 1 heterocycles. The molecular weight excluding hydrogens is 300 g/mol. The molecule has 0 aliphatic heterocycles. The number of carbonyl (C=O) groups excluding carboxylic acids is 1. The van der Waals surface area contributed by atoms with E-state index in [-0.39, 0.29) is 23.5 Å². The van der Waals surface area contributed by atoms with Crippen molar-refractivity contribution in [3.63, 3.8) is 0 Å². The summed E-state index contributed by atoms with van der Waals surface area (Å²) in [7, 11) is 1.75. The SMILES string of the molecule is CO[C@@H]1[C@H](C)[C@@H](NC(=O)CCCc2c[nH]c3ccccc23)C1(C)C. The number of H-pyrrole nitrogens is 1. The van der Waals surface area contributed by atoms with Crippen molar-refractivity contribution < 1.29 is 9.53 Å². The fourth-order valence-corrected chi connectivity index (χ4v) is 4.45. The van der Waals surface area contributed by atoms with Gasteiger partial charge in [0.25, 0.3) is 0 Å². The van der Waals surface area contributed by atoms with Gasteiger partial charge in [-0.2, -0.15) is 0 Å². The van der Waals surface area contributed by atoms with Gasteiger partial charge in [0, 0.05) is 48.0 Å². The first-order valence-corrected chi connectivity index (χ1v) is 8.82. The lowest BCUT2D eigenvalue weighted by molar-refractivity contribution is -0.154. The van der Waals surface area contributed by atoms with Gasteiger partial charge in [-0.3, -0.25) is 4.79 Å². The number of aromatic nitrogens is 1. The van der Waals surface area contributed by atoms with Crippen molar-refractivity contribution >= 4 is 16.8 Å². The lowest BCUT2D eigenvalue weighted by Gasteiger charge is -2.56. The first kappa shape index (κ1) is 17.0. The molecule has 4 nitrogen and oxygen atoms in total. The second-order valence-electron chi connectivity index (χ2n) is 7.60. The van der Waals surface area contributed by atoms with E-state index in [0.717, 1.165) is 18.4 Å². The maximum Gasteiger partial charge on any atom is 0.220 e. The Kier molecular flexibility index (Phi) is 4.68. The van der Waals surface area contributed by atoms with E-state index in [4.69, 9.17) is 4.74 Å². The van der Waals surface area contributed by atoms with Crippen LogP contribution in [0.15, 0.2) is 30.5 Å². The molecule has 1 aromatic heterocycles. The molecule has 0 saturated heterocycles. The topological polar surface area (TPSA) is 54.1 Å². The van der Waals surface area contributed by atoms with E-state index >= 15 is 0 Å². The van der Waals surface area contributed by atoms with Gasteiger partial charge in [0.15, 0.2) is 0 Å². The molecular formula is C20H28N2O2. The molecule has 0 bridgehead atoms. The summed E-state index contributed by atoms with van der Waals surface area (Å²) in [6.07, 6.45) is 4.62. The number of hydrogen-bond donors (Lipinski definition) is 2. The zero-order chi connectivity index (χ0) is 17.3. The zero-order valence-corrected chi connectivity index (χ0v) is 15.1. The highest BCUT2D eigenvalue weighted by molar-refractivity contribution is 5.83. The third-order valence-corrected chi connectivity index (χ3v) is 5.63. The first-order valence-electron chi connectivity index (χ1n) is 8.82. The van der Waals surface area contributed by atoms with E-state index in [1.165, 1.54) is 10.9 Å². The van der Waals surface area contributed by atoms with Gasteiger partial charge in [-0.25, -0.2) is 0 Å². The van der Waals surface area contributed by atoms with E-state index in [9.17, 15) is 4.79 Å². The van der Waals surface area contributed by atoms with Gasteiger partial charge in [0.1, 0.15) is 0 Å². The number of para-hydroxylation sites is 1. The van der Waals surface area contributed by atoms with Crippen LogP contribution in [0.25, 0.3) is 10.9 Å². The Hall–Kier alpha value is -1.81. The molecule has 2 N–H and O–H groups in total. The second kappa shape index (κ2) is 6.60. The van der Waals surface area contributed by atoms with E-state index < -0.39 is 0 Å². The monoisotopic (exact) mass is 328 g/mol. The highest BCUT2D eigenvalue weighted by atomic mass is 16.5. The molecule has 1 saturated carbocycles. The van der Waals surface area contributed by atoms with Crippen LogP contribution >= 0.6 is 0 Å². The number of rotatable bonds is 6. The van der Waals surface area contributed by atoms with Crippen molar-refractivity contribution in [3.8, 4) is 0 Å². The molecule has 0 radical (unpaired) electrons. The number of carbonyl (C=O) groups is 1. The fraction of sp³-hybridized carbons (Fsp3) is 0.550. The summed E-state index contributed by atoms with van der Waals surface area (Å²) in [5.41, 5.74) is 2.45. The van der Waals surface area contributed by atoms with Crippen molar-refractivity contribution in [2.45, 2.75) is 52.2 Å². The lowest BCUT2D eigenvalue weighted by atomic mass is 9.58. The predicted molar refractivity (Wildman–Crippen MR) is 96.9 cm³/mol. The lowest BCUT2D eigenvalue weighted by Crippen LogP contribution is -2.67. The summed E-state index contributed by atoms with van der Waals surface area (Å²) in [4.78, 5) is 15.6. The molecule has 0 spiro atoms. The van der Waals surface area contributed by atoms with Gasteiger partial charge in [0.2, 0.25) is 5.91 Å². The van der Waals surface area contributed by atoms with E-state index in [0.29, 0.717) is 12.3 Å². The Morgan fingerprint density at radius 2 is 2.08 bits per heavy atom. The Balaban J connectivity index is 1.50. The maximum absolute atomic E-state index is 12.3. The van der Waals surface area contributed by atoms with Gasteiger partial charge in [-0.05, 0) is 24.5 Å². The largest absolute Gasteiger partial charge is 0.380 e. The standard InChI is InChI=1S/C20H28N2O2/c1-13-18(20(2,3)19(13)24-4)22-17(23)11-7-8-14-12-21-16-10-6-5-9-15(14)16/h5-6,9-10,12-13,18-19,21H,7-8,11H2,1-4H3,(H,22,23)/t13-,18-,19-/m1/s1. The quantitative estimate of drug-likeness (QED) is 0.850. The highest BCUT2D eigenvalue weighted by Crippen LogP contribution is 2.46. The molecule has 130 valence electrons. The van der Waals surface area contributed by atoms with Gasteiger partial charge in [-0.1, -0.05) is 39.0 Å². The summed E-state index contributed by atoms with van der Waals surface area (Å²) in [6.45, 7) is 6.48. The van der Waals surface area contributed by atoms with Gasteiger partial charge < -0.3 is 15.0 Å². The van der Waals surface area contributed by atoms with E-state index in [1.54, 1.807) is 7.11 Å². The van der Waals surface area contributed by atoms with Crippen molar-refractivity contribution in [3.05, 3.63) is 36.0 Å². The number of ether oxygens (including phenoxy) is 1. The van der Waals surface area contributed by atoms with Crippen LogP contribution in [-0.4, -0.2) is 30.1 Å². The molecule has 1 aliphatic rings. The van der Waals surface area contributed by atoms with Gasteiger partial charge in [0.05, 0.1) is 6.10 Å². The number of aromatic amines is 1. The molecule has 3 rings (SSSR count). The Morgan fingerprint density at radius 1 is 1.33 bits per heavy atom. The molecule has 1 amide bonds. The van der Waals surface area contributed by atoms with E-state index in [2.05, 4.69) is 55.5 Å². The smallest absolute Gasteiger partial charge is 0.220 e. The van der Waals surface area contributed by atoms with Gasteiger partial charge >= 0.3 is 0 Å². The number of nitrogens with one attached hydrogen (secondary N) is 2. The summed E-state index contributed by atoms with van der Waals surface area (Å²) in [6, 6.07) is 8.49. The van der Waals surface area contributed by atoms with Crippen LogP contribution in [-0.2, 0) is 16.0 Å². The molecule has 1 fully saturated rings. The highest BCUT2D eigenvalue weighted by Gasteiger charge is 2.55. The van der Waals surface area contributed by atoms with Crippen LogP contribution in [0.5, 0.6) is 0 Å². The number of fused-ring (bicyclic) bond motifs is 1. The summed E-state index contributed by atoms with van der Waals surface area (Å²) >= 11 is 0. The molecule has 1 aromatic carbocycles. The average Bonchev–Trinajstić information content (AvgIpc) is 2.96. The summed E-state index contributed by atoms with van der Waals surface area (Å²) < 4.78 is 5.54. The minimum atomic E-state index is 0.000662. The van der Waals surface area contributed by atoms with Crippen LogP contribution in [0.4, 0.5) is 0 Å². The molecule has 4 heteroatoms. The average molecular weight is 328 g/mol. The van der Waals surface area contributed by atoms with E-state index in [1.807, 2.05) is 6.07 Å². The second-order valence-corrected chi connectivity index (χ2v) is 7.60. The number of methoxy groups -OCH3 is 1. The molecule has 3 atom stereocenters. The molecule has 1 aliphatic carbocycles. The molecule has 2 aromatic rings. The first-order chi connectivity index (χ1) is 11.4. The van der Waals surface area contributed by atoms with Crippen molar-refractivity contribution in [1.29, 1.82) is 0 Å². The Bertz CT molecular complexity index is 719. The molecule has 24 heavy (non-hydrogen) atoms. The van der Waals surface area contributed by atoms with Crippen LogP contribution < -0.4 is 5.32 Å². The van der Waals surface area contributed by atoms with Crippen LogP contribution in [0.2, 0.25) is 0 Å². The normalized spacial score (nSPS) is 25.4. The number of aryl methyl sites for hydroxylation is 1. The minimum Gasteiger partial charge on any atom is -0.380 e. The third-order valence-electron chi connectivity index (χ3n) is 5.63. The third kappa shape index (κ3) is 2.95. The van der Waals surface area contributed by atoms with Crippen LogP contribution in [0.3, 0.4) is 0 Å². The summed E-state index contributed by atoms with van der Waals surface area (Å²) in [5.74, 6) is 0.511. The fourth-order valence-electron chi connectivity index (χ4n) is 4.45. The molecule has 0 unspecified atom stereocenters. The summed E-state index contributed by atoms with van der Waals surface area (Å²) in [5, 5.41) is 4.47.